The van der Waals surface area contributed by atoms with E-state index in [-0.39, 0.29) is 12.4 Å². The number of hydrogen-bond donors (Lipinski definition) is 1. The van der Waals surface area contributed by atoms with Crippen LogP contribution in [0.25, 0.3) is 0 Å². The van der Waals surface area contributed by atoms with Crippen LogP contribution < -0.4 is 31.9 Å². The molecule has 1 aliphatic rings. The molecule has 0 unspecified atom stereocenters. The number of rotatable bonds is 5. The number of para-hydroxylation sites is 1. The van der Waals surface area contributed by atoms with Gasteiger partial charge in [0.15, 0.2) is 11.5 Å². The molecule has 0 spiro atoms. The first-order valence-corrected chi connectivity index (χ1v) is 6.58. The zero-order valence-corrected chi connectivity index (χ0v) is 12.5. The van der Waals surface area contributed by atoms with Crippen LogP contribution >= 0.6 is 0 Å². The Morgan fingerprint density at radius 3 is 2.71 bits per heavy atom. The summed E-state index contributed by atoms with van der Waals surface area (Å²) in [6.45, 7) is 1.85. The summed E-state index contributed by atoms with van der Waals surface area (Å²) in [5, 5.41) is 3.41. The van der Waals surface area contributed by atoms with Gasteiger partial charge < -0.3 is 31.9 Å². The molecule has 3 rings (SSSR count). The fourth-order valence-electron chi connectivity index (χ4n) is 2.24. The van der Waals surface area contributed by atoms with Gasteiger partial charge in [0.25, 0.3) is 0 Å². The van der Waals surface area contributed by atoms with Crippen LogP contribution in [0.3, 0.4) is 0 Å². The van der Waals surface area contributed by atoms with E-state index < -0.39 is 0 Å². The van der Waals surface area contributed by atoms with E-state index in [1.807, 2.05) is 36.4 Å². The van der Waals surface area contributed by atoms with Crippen LogP contribution in [0.1, 0.15) is 11.1 Å². The predicted molar refractivity (Wildman–Crippen MR) is 76.1 cm³/mol. The zero-order chi connectivity index (χ0) is 13.8. The molecular formula is C16H17ClNO3-. The van der Waals surface area contributed by atoms with Crippen LogP contribution in [0.15, 0.2) is 42.5 Å². The van der Waals surface area contributed by atoms with E-state index in [4.69, 9.17) is 14.2 Å². The number of benzene rings is 2. The smallest absolute Gasteiger partial charge is 0.231 e. The normalized spacial score (nSPS) is 11.9. The highest BCUT2D eigenvalue weighted by atomic mass is 35.5. The molecule has 21 heavy (non-hydrogen) atoms. The Morgan fingerprint density at radius 2 is 1.86 bits per heavy atom. The summed E-state index contributed by atoms with van der Waals surface area (Å²) in [7, 11) is 1.69. The zero-order valence-electron chi connectivity index (χ0n) is 11.8. The van der Waals surface area contributed by atoms with Gasteiger partial charge in [0.05, 0.1) is 7.11 Å². The minimum Gasteiger partial charge on any atom is -1.00 e. The van der Waals surface area contributed by atoms with Gasteiger partial charge in [-0.25, -0.2) is 0 Å². The number of ether oxygens (including phenoxy) is 3. The van der Waals surface area contributed by atoms with Gasteiger partial charge in [-0.2, -0.15) is 0 Å². The lowest BCUT2D eigenvalue weighted by molar-refractivity contribution is -0.00000589. The molecular weight excluding hydrogens is 290 g/mol. The van der Waals surface area contributed by atoms with E-state index >= 15 is 0 Å². The standard InChI is InChI=1S/C16H17NO3.ClH/c1-18-14-5-3-2-4-13(14)10-17-9-12-6-7-15-16(8-12)20-11-19-15;/h2-8,17H,9-11H2,1H3;1H/p-1. The predicted octanol–water partition coefficient (Wildman–Crippen LogP) is -0.282. The first-order chi connectivity index (χ1) is 9.86. The molecule has 2 aromatic rings. The van der Waals surface area contributed by atoms with Gasteiger partial charge in [-0.1, -0.05) is 24.3 Å². The second-order valence-electron chi connectivity index (χ2n) is 4.60. The van der Waals surface area contributed by atoms with Crippen molar-refractivity contribution in [2.24, 2.45) is 0 Å². The lowest BCUT2D eigenvalue weighted by Crippen LogP contribution is -3.00. The Labute approximate surface area is 130 Å². The van der Waals surface area contributed by atoms with Crippen LogP contribution in [0, 0.1) is 0 Å². The van der Waals surface area contributed by atoms with Crippen LogP contribution in [-0.2, 0) is 13.1 Å². The first kappa shape index (κ1) is 15.5. The average molecular weight is 307 g/mol. The minimum atomic E-state index is 0. The molecule has 0 radical (unpaired) electrons. The highest BCUT2D eigenvalue weighted by Gasteiger charge is 2.12. The summed E-state index contributed by atoms with van der Waals surface area (Å²) in [4.78, 5) is 0. The Bertz CT molecular complexity index is 604. The van der Waals surface area contributed by atoms with E-state index in [0.29, 0.717) is 6.79 Å². The fraction of sp³-hybridized carbons (Fsp3) is 0.250. The van der Waals surface area contributed by atoms with Crippen molar-refractivity contribution >= 4 is 0 Å². The van der Waals surface area contributed by atoms with Crippen LogP contribution in [0.5, 0.6) is 17.2 Å². The van der Waals surface area contributed by atoms with E-state index in [1.165, 1.54) is 5.56 Å². The lowest BCUT2D eigenvalue weighted by Gasteiger charge is -2.09. The number of hydrogen-bond acceptors (Lipinski definition) is 4. The van der Waals surface area contributed by atoms with Crippen molar-refractivity contribution in [2.45, 2.75) is 13.1 Å². The maximum absolute atomic E-state index is 5.37. The number of halogens is 1. The van der Waals surface area contributed by atoms with Crippen LogP contribution in [0.4, 0.5) is 0 Å². The summed E-state index contributed by atoms with van der Waals surface area (Å²) in [6.07, 6.45) is 0. The highest BCUT2D eigenvalue weighted by molar-refractivity contribution is 5.44. The van der Waals surface area contributed by atoms with Gasteiger partial charge in [0, 0.05) is 18.7 Å². The topological polar surface area (TPSA) is 39.7 Å². The van der Waals surface area contributed by atoms with Gasteiger partial charge in [0.2, 0.25) is 6.79 Å². The molecule has 0 saturated carbocycles. The Balaban J connectivity index is 0.00000161. The molecule has 0 atom stereocenters. The molecule has 0 fully saturated rings. The van der Waals surface area contributed by atoms with E-state index in [0.717, 1.165) is 35.9 Å². The van der Waals surface area contributed by atoms with Crippen molar-refractivity contribution < 1.29 is 26.6 Å². The molecule has 4 nitrogen and oxygen atoms in total. The van der Waals surface area contributed by atoms with Crippen molar-refractivity contribution in [1.29, 1.82) is 0 Å². The van der Waals surface area contributed by atoms with Crippen molar-refractivity contribution in [3.63, 3.8) is 0 Å². The lowest BCUT2D eigenvalue weighted by atomic mass is 10.1. The molecule has 5 heteroatoms. The molecule has 2 aromatic carbocycles. The third kappa shape index (κ3) is 3.60. The van der Waals surface area contributed by atoms with Crippen molar-refractivity contribution in [3.05, 3.63) is 53.6 Å². The molecule has 1 aliphatic heterocycles. The molecule has 0 aromatic heterocycles. The third-order valence-corrected chi connectivity index (χ3v) is 3.27. The number of methoxy groups -OCH3 is 1. The second-order valence-corrected chi connectivity index (χ2v) is 4.60. The van der Waals surface area contributed by atoms with Crippen molar-refractivity contribution in [2.75, 3.05) is 13.9 Å². The molecule has 0 saturated heterocycles. The van der Waals surface area contributed by atoms with Crippen molar-refractivity contribution in [3.8, 4) is 17.2 Å². The van der Waals surface area contributed by atoms with Gasteiger partial charge in [-0.3, -0.25) is 0 Å². The van der Waals surface area contributed by atoms with Crippen molar-refractivity contribution in [1.82, 2.24) is 5.32 Å². The molecule has 0 bridgehead atoms. The van der Waals surface area contributed by atoms with E-state index in [9.17, 15) is 0 Å². The molecule has 0 aliphatic carbocycles. The number of fused-ring (bicyclic) bond motifs is 1. The summed E-state index contributed by atoms with van der Waals surface area (Å²) in [5.74, 6) is 2.55. The highest BCUT2D eigenvalue weighted by Crippen LogP contribution is 2.32. The Hall–Kier alpha value is -1.91. The van der Waals surface area contributed by atoms with Gasteiger partial charge in [-0.15, -0.1) is 0 Å². The summed E-state index contributed by atoms with van der Waals surface area (Å²) in [5.41, 5.74) is 2.32. The average Bonchev–Trinajstić information content (AvgIpc) is 2.95. The quantitative estimate of drug-likeness (QED) is 0.825. The summed E-state index contributed by atoms with van der Waals surface area (Å²) in [6, 6.07) is 14.0. The maximum Gasteiger partial charge on any atom is 0.231 e. The Morgan fingerprint density at radius 1 is 1.05 bits per heavy atom. The second kappa shape index (κ2) is 7.20. The molecule has 112 valence electrons. The van der Waals surface area contributed by atoms with Crippen LogP contribution in [0.2, 0.25) is 0 Å². The first-order valence-electron chi connectivity index (χ1n) is 6.58. The largest absolute Gasteiger partial charge is 1.00 e. The third-order valence-electron chi connectivity index (χ3n) is 3.27. The fourth-order valence-corrected chi connectivity index (χ4v) is 2.24. The van der Waals surface area contributed by atoms with Gasteiger partial charge >= 0.3 is 0 Å². The maximum atomic E-state index is 5.37. The SMILES string of the molecule is COc1ccccc1CNCc1ccc2c(c1)OCO2.[Cl-]. The summed E-state index contributed by atoms with van der Waals surface area (Å²) >= 11 is 0. The monoisotopic (exact) mass is 306 g/mol. The van der Waals surface area contributed by atoms with Crippen LogP contribution in [-0.4, -0.2) is 13.9 Å². The Kier molecular flexibility index (Phi) is 5.31. The summed E-state index contributed by atoms with van der Waals surface area (Å²) < 4.78 is 16.0. The number of nitrogens with one attached hydrogen (secondary N) is 1. The van der Waals surface area contributed by atoms with Gasteiger partial charge in [0.1, 0.15) is 5.75 Å². The van der Waals surface area contributed by atoms with E-state index in [1.54, 1.807) is 7.11 Å². The molecule has 0 amide bonds. The molecule has 1 N–H and O–H groups in total. The molecule has 1 heterocycles. The van der Waals surface area contributed by atoms with E-state index in [2.05, 4.69) is 11.4 Å². The van der Waals surface area contributed by atoms with Gasteiger partial charge in [-0.05, 0) is 23.8 Å². The minimum absolute atomic E-state index is 0.